The summed E-state index contributed by atoms with van der Waals surface area (Å²) in [6, 6.07) is 3.41. The van der Waals surface area contributed by atoms with E-state index >= 15 is 0 Å². The van der Waals surface area contributed by atoms with Crippen molar-refractivity contribution in [3.8, 4) is 0 Å². The van der Waals surface area contributed by atoms with Gasteiger partial charge in [0, 0.05) is 35.1 Å². The molecule has 0 amide bonds. The molecule has 0 saturated heterocycles. The van der Waals surface area contributed by atoms with Gasteiger partial charge < -0.3 is 0 Å². The van der Waals surface area contributed by atoms with E-state index in [0.29, 0.717) is 15.6 Å². The average molecular weight is 293 g/mol. The number of fused-ring (bicyclic) bond motifs is 3. The van der Waals surface area contributed by atoms with Crippen molar-refractivity contribution in [1.82, 2.24) is 9.55 Å². The number of carbonyl (C=O) groups is 1. The van der Waals surface area contributed by atoms with Crippen LogP contribution in [0.25, 0.3) is 21.8 Å². The van der Waals surface area contributed by atoms with E-state index in [9.17, 15) is 4.79 Å². The Hall–Kier alpha value is -1.58. The number of hydrogen-bond acceptors (Lipinski definition) is 2. The van der Waals surface area contributed by atoms with Crippen molar-refractivity contribution in [3.63, 3.8) is 0 Å². The Morgan fingerprint density at radius 2 is 2.05 bits per heavy atom. The highest BCUT2D eigenvalue weighted by Gasteiger charge is 2.15. The van der Waals surface area contributed by atoms with Crippen LogP contribution >= 0.6 is 23.2 Å². The normalized spacial score (nSPS) is 11.4. The van der Waals surface area contributed by atoms with E-state index in [1.165, 1.54) is 6.92 Å². The number of halogens is 2. The van der Waals surface area contributed by atoms with Crippen LogP contribution in [0.15, 0.2) is 24.5 Å². The Balaban J connectivity index is 2.62. The summed E-state index contributed by atoms with van der Waals surface area (Å²) < 4.78 is 1.61. The highest BCUT2D eigenvalue weighted by molar-refractivity contribution is 6.40. The average Bonchev–Trinajstić information content (AvgIpc) is 2.66. The van der Waals surface area contributed by atoms with E-state index in [4.69, 9.17) is 23.2 Å². The minimum Gasteiger partial charge on any atom is -0.286 e. The van der Waals surface area contributed by atoms with Gasteiger partial charge in [-0.25, -0.2) is 0 Å². The number of benzene rings is 1. The molecule has 0 aliphatic carbocycles. The summed E-state index contributed by atoms with van der Waals surface area (Å²) in [5.41, 5.74) is 2.47. The third-order valence-electron chi connectivity index (χ3n) is 3.19. The molecule has 3 nitrogen and oxygen atoms in total. The van der Waals surface area contributed by atoms with Crippen LogP contribution in [-0.4, -0.2) is 15.5 Å². The van der Waals surface area contributed by atoms with E-state index in [-0.39, 0.29) is 5.91 Å². The summed E-state index contributed by atoms with van der Waals surface area (Å²) >= 11 is 12.3. The zero-order valence-electron chi connectivity index (χ0n) is 10.4. The van der Waals surface area contributed by atoms with Crippen molar-refractivity contribution in [3.05, 3.63) is 40.1 Å². The molecule has 0 saturated carbocycles. The molecule has 2 heterocycles. The van der Waals surface area contributed by atoms with E-state index in [2.05, 4.69) is 4.98 Å². The molecule has 0 aliphatic heterocycles. The van der Waals surface area contributed by atoms with E-state index in [1.807, 2.05) is 6.92 Å². The molecule has 0 spiro atoms. The minimum atomic E-state index is -0.0587. The lowest BCUT2D eigenvalue weighted by Crippen LogP contribution is -2.03. The van der Waals surface area contributed by atoms with Gasteiger partial charge in [0.1, 0.15) is 0 Å². The van der Waals surface area contributed by atoms with E-state index in [0.717, 1.165) is 21.9 Å². The second-order valence-electron chi connectivity index (χ2n) is 4.50. The van der Waals surface area contributed by atoms with Gasteiger partial charge in [-0.05, 0) is 24.6 Å². The number of pyridine rings is 1. The lowest BCUT2D eigenvalue weighted by atomic mass is 10.1. The van der Waals surface area contributed by atoms with Crippen molar-refractivity contribution in [1.29, 1.82) is 0 Å². The SMILES string of the molecule is CC(=O)n1cc(C)c2cnc3cc(Cl)cc(Cl)c3c21. The van der Waals surface area contributed by atoms with Crippen LogP contribution in [0.1, 0.15) is 17.3 Å². The molecular formula is C14H10Cl2N2O. The number of aryl methyl sites for hydroxylation is 1. The lowest BCUT2D eigenvalue weighted by molar-refractivity contribution is 0.0942. The molecule has 5 heteroatoms. The fourth-order valence-corrected chi connectivity index (χ4v) is 2.91. The molecule has 2 aromatic heterocycles. The van der Waals surface area contributed by atoms with Crippen LogP contribution in [0.5, 0.6) is 0 Å². The fraction of sp³-hybridized carbons (Fsp3) is 0.143. The standard InChI is InChI=1S/C14H10Cl2N2O/c1-7-6-18(8(2)19)14-10(7)5-17-12-4-9(15)3-11(16)13(12)14/h3-6H,1-2H3. The zero-order chi connectivity index (χ0) is 13.7. The number of nitrogens with zero attached hydrogens (tertiary/aromatic N) is 2. The largest absolute Gasteiger partial charge is 0.286 e. The van der Waals surface area contributed by atoms with Crippen molar-refractivity contribution < 1.29 is 4.79 Å². The van der Waals surface area contributed by atoms with Gasteiger partial charge in [-0.2, -0.15) is 0 Å². The van der Waals surface area contributed by atoms with Gasteiger partial charge in [-0.3, -0.25) is 14.3 Å². The van der Waals surface area contributed by atoms with Gasteiger partial charge >= 0.3 is 0 Å². The van der Waals surface area contributed by atoms with Gasteiger partial charge in [-0.1, -0.05) is 23.2 Å². The van der Waals surface area contributed by atoms with Crippen LogP contribution in [0.3, 0.4) is 0 Å². The molecule has 3 rings (SSSR count). The van der Waals surface area contributed by atoms with Gasteiger partial charge in [-0.15, -0.1) is 0 Å². The Labute approximate surface area is 119 Å². The maximum Gasteiger partial charge on any atom is 0.227 e. The molecule has 0 atom stereocenters. The summed E-state index contributed by atoms with van der Waals surface area (Å²) in [5, 5.41) is 2.71. The smallest absolute Gasteiger partial charge is 0.227 e. The molecule has 0 aliphatic rings. The van der Waals surface area contributed by atoms with Gasteiger partial charge in [0.15, 0.2) is 0 Å². The Bertz CT molecular complexity index is 836. The molecule has 0 fully saturated rings. The number of hydrogen-bond donors (Lipinski definition) is 0. The number of aromatic nitrogens is 2. The monoisotopic (exact) mass is 292 g/mol. The third kappa shape index (κ3) is 1.81. The summed E-state index contributed by atoms with van der Waals surface area (Å²) in [6.07, 6.45) is 3.55. The van der Waals surface area contributed by atoms with Gasteiger partial charge in [0.2, 0.25) is 5.91 Å². The molecule has 96 valence electrons. The molecule has 0 bridgehead atoms. The predicted octanol–water partition coefficient (Wildman–Crippen LogP) is 4.46. The first kappa shape index (κ1) is 12.5. The minimum absolute atomic E-state index is 0.0587. The lowest BCUT2D eigenvalue weighted by Gasteiger charge is -2.06. The first-order chi connectivity index (χ1) is 8.99. The Morgan fingerprint density at radius 1 is 1.32 bits per heavy atom. The Kier molecular flexibility index (Phi) is 2.77. The van der Waals surface area contributed by atoms with Crippen molar-refractivity contribution >= 4 is 50.9 Å². The molecular weight excluding hydrogens is 283 g/mol. The van der Waals surface area contributed by atoms with Crippen LogP contribution in [-0.2, 0) is 0 Å². The van der Waals surface area contributed by atoms with Crippen LogP contribution < -0.4 is 0 Å². The predicted molar refractivity (Wildman–Crippen MR) is 78.3 cm³/mol. The highest BCUT2D eigenvalue weighted by atomic mass is 35.5. The van der Waals surface area contributed by atoms with Gasteiger partial charge in [0.05, 0.1) is 16.1 Å². The molecule has 19 heavy (non-hydrogen) atoms. The molecule has 3 aromatic rings. The third-order valence-corrected chi connectivity index (χ3v) is 3.70. The maximum absolute atomic E-state index is 11.8. The number of rotatable bonds is 0. The molecule has 0 radical (unpaired) electrons. The quantitative estimate of drug-likeness (QED) is 0.613. The van der Waals surface area contributed by atoms with Gasteiger partial charge in [0.25, 0.3) is 0 Å². The number of carbonyl (C=O) groups excluding carboxylic acids is 1. The summed E-state index contributed by atoms with van der Waals surface area (Å²) in [6.45, 7) is 3.47. The second kappa shape index (κ2) is 4.22. The fourth-order valence-electron chi connectivity index (χ4n) is 2.34. The van der Waals surface area contributed by atoms with Crippen LogP contribution in [0, 0.1) is 6.92 Å². The van der Waals surface area contributed by atoms with E-state index in [1.54, 1.807) is 29.1 Å². The van der Waals surface area contributed by atoms with Crippen molar-refractivity contribution in [2.24, 2.45) is 0 Å². The first-order valence-corrected chi connectivity index (χ1v) is 6.51. The maximum atomic E-state index is 11.8. The Morgan fingerprint density at radius 3 is 2.74 bits per heavy atom. The molecule has 0 N–H and O–H groups in total. The molecule has 1 aromatic carbocycles. The van der Waals surface area contributed by atoms with Crippen LogP contribution in [0.4, 0.5) is 0 Å². The first-order valence-electron chi connectivity index (χ1n) is 5.75. The topological polar surface area (TPSA) is 34.9 Å². The highest BCUT2D eigenvalue weighted by Crippen LogP contribution is 2.34. The van der Waals surface area contributed by atoms with Crippen molar-refractivity contribution in [2.45, 2.75) is 13.8 Å². The van der Waals surface area contributed by atoms with Crippen LogP contribution in [0.2, 0.25) is 10.0 Å². The summed E-state index contributed by atoms with van der Waals surface area (Å²) in [4.78, 5) is 16.1. The molecule has 0 unspecified atom stereocenters. The van der Waals surface area contributed by atoms with Crippen molar-refractivity contribution in [2.75, 3.05) is 0 Å². The zero-order valence-corrected chi connectivity index (χ0v) is 11.9. The summed E-state index contributed by atoms with van der Waals surface area (Å²) in [7, 11) is 0. The van der Waals surface area contributed by atoms with E-state index < -0.39 is 0 Å². The second-order valence-corrected chi connectivity index (χ2v) is 5.35. The summed E-state index contributed by atoms with van der Waals surface area (Å²) in [5.74, 6) is -0.0587.